The first-order valence-electron chi connectivity index (χ1n) is 9.51. The molecule has 2 unspecified atom stereocenters. The van der Waals surface area contributed by atoms with Crippen LogP contribution in [0.4, 0.5) is 5.82 Å². The number of fused-ring (bicyclic) bond motifs is 1. The summed E-state index contributed by atoms with van der Waals surface area (Å²) in [5, 5.41) is 4.12. The fraction of sp³-hybridized carbons (Fsp3) is 0.381. The summed E-state index contributed by atoms with van der Waals surface area (Å²) >= 11 is 0. The molecule has 2 atom stereocenters. The van der Waals surface area contributed by atoms with E-state index in [1.807, 2.05) is 43.6 Å². The minimum Gasteiger partial charge on any atom is -0.361 e. The zero-order valence-corrected chi connectivity index (χ0v) is 15.5. The number of benzene rings is 1. The Morgan fingerprint density at radius 1 is 1.00 bits per heavy atom. The van der Waals surface area contributed by atoms with Gasteiger partial charge in [0.05, 0.1) is 23.8 Å². The van der Waals surface area contributed by atoms with Gasteiger partial charge in [-0.3, -0.25) is 9.88 Å². The molecule has 0 aliphatic carbocycles. The Morgan fingerprint density at radius 2 is 1.78 bits per heavy atom. The van der Waals surface area contributed by atoms with Crippen LogP contribution < -0.4 is 4.90 Å². The summed E-state index contributed by atoms with van der Waals surface area (Å²) in [5.41, 5.74) is 3.06. The molecule has 6 nitrogen and oxygen atoms in total. The average molecular weight is 361 g/mol. The van der Waals surface area contributed by atoms with E-state index < -0.39 is 0 Å². The molecule has 2 saturated heterocycles. The zero-order chi connectivity index (χ0) is 18.2. The van der Waals surface area contributed by atoms with Crippen molar-refractivity contribution in [3.05, 3.63) is 60.2 Å². The first kappa shape index (κ1) is 16.4. The molecule has 0 spiro atoms. The van der Waals surface area contributed by atoms with Crippen molar-refractivity contribution in [3.8, 4) is 11.3 Å². The average Bonchev–Trinajstić information content (AvgIpc) is 3.38. The van der Waals surface area contributed by atoms with Crippen molar-refractivity contribution in [1.82, 2.24) is 20.0 Å². The van der Waals surface area contributed by atoms with Gasteiger partial charge in [0.1, 0.15) is 11.6 Å². The highest BCUT2D eigenvalue weighted by atomic mass is 16.5. The molecule has 0 N–H and O–H groups in total. The molecule has 138 valence electrons. The van der Waals surface area contributed by atoms with Crippen LogP contribution in [0.15, 0.2) is 53.3 Å². The molecule has 2 fully saturated rings. The Morgan fingerprint density at radius 3 is 2.41 bits per heavy atom. The van der Waals surface area contributed by atoms with Gasteiger partial charge in [-0.1, -0.05) is 35.5 Å². The number of aromatic nitrogens is 3. The molecular formula is C21H23N5O. The summed E-state index contributed by atoms with van der Waals surface area (Å²) in [6.45, 7) is 7.16. The second-order valence-corrected chi connectivity index (χ2v) is 7.67. The van der Waals surface area contributed by atoms with Crippen LogP contribution in [0.3, 0.4) is 0 Å². The maximum Gasteiger partial charge on any atom is 0.147 e. The second-order valence-electron chi connectivity index (χ2n) is 7.67. The Balaban J connectivity index is 1.21. The summed E-state index contributed by atoms with van der Waals surface area (Å²) < 4.78 is 5.19. The van der Waals surface area contributed by atoms with E-state index in [0.717, 1.165) is 61.3 Å². The predicted molar refractivity (Wildman–Crippen MR) is 103 cm³/mol. The summed E-state index contributed by atoms with van der Waals surface area (Å²) in [5.74, 6) is 3.25. The fourth-order valence-corrected chi connectivity index (χ4v) is 4.37. The maximum atomic E-state index is 5.19. The number of anilines is 1. The van der Waals surface area contributed by atoms with Gasteiger partial charge < -0.3 is 9.42 Å². The van der Waals surface area contributed by atoms with Gasteiger partial charge in [0.25, 0.3) is 0 Å². The highest BCUT2D eigenvalue weighted by Crippen LogP contribution is 2.34. The van der Waals surface area contributed by atoms with Gasteiger partial charge >= 0.3 is 0 Å². The van der Waals surface area contributed by atoms with E-state index in [0.29, 0.717) is 11.8 Å². The topological polar surface area (TPSA) is 58.3 Å². The number of hydrogen-bond donors (Lipinski definition) is 0. The van der Waals surface area contributed by atoms with Crippen molar-refractivity contribution in [2.75, 3.05) is 31.1 Å². The molecule has 2 aliphatic rings. The Labute approximate surface area is 158 Å². The molecule has 2 aromatic heterocycles. The largest absolute Gasteiger partial charge is 0.361 e. The van der Waals surface area contributed by atoms with Gasteiger partial charge in [0.15, 0.2) is 0 Å². The first-order valence-corrected chi connectivity index (χ1v) is 9.51. The molecule has 27 heavy (non-hydrogen) atoms. The lowest BCUT2D eigenvalue weighted by Crippen LogP contribution is -2.29. The minimum atomic E-state index is 0.689. The molecule has 1 aromatic carbocycles. The van der Waals surface area contributed by atoms with Crippen LogP contribution in [0, 0.1) is 18.8 Å². The van der Waals surface area contributed by atoms with E-state index >= 15 is 0 Å². The molecule has 0 bridgehead atoms. The second kappa shape index (κ2) is 6.78. The summed E-state index contributed by atoms with van der Waals surface area (Å²) in [7, 11) is 0. The van der Waals surface area contributed by atoms with E-state index in [4.69, 9.17) is 4.52 Å². The van der Waals surface area contributed by atoms with E-state index in [1.165, 1.54) is 0 Å². The highest BCUT2D eigenvalue weighted by molar-refractivity contribution is 5.58. The quantitative estimate of drug-likeness (QED) is 0.712. The first-order chi connectivity index (χ1) is 13.2. The Bertz CT molecular complexity index is 894. The van der Waals surface area contributed by atoms with E-state index in [9.17, 15) is 0 Å². The maximum absolute atomic E-state index is 5.19. The van der Waals surface area contributed by atoms with Gasteiger partial charge in [0, 0.05) is 44.4 Å². The van der Waals surface area contributed by atoms with Crippen LogP contribution in [0.25, 0.3) is 11.3 Å². The molecule has 5 rings (SSSR count). The van der Waals surface area contributed by atoms with Crippen LogP contribution in [0.1, 0.15) is 11.5 Å². The van der Waals surface area contributed by atoms with Gasteiger partial charge in [0.2, 0.25) is 0 Å². The van der Waals surface area contributed by atoms with Gasteiger partial charge in [-0.15, -0.1) is 0 Å². The molecule has 0 amide bonds. The Kier molecular flexibility index (Phi) is 4.13. The van der Waals surface area contributed by atoms with Crippen molar-refractivity contribution in [3.63, 3.8) is 0 Å². The number of rotatable bonds is 4. The lowest BCUT2D eigenvalue weighted by molar-refractivity contribution is 0.294. The zero-order valence-electron chi connectivity index (χ0n) is 15.5. The summed E-state index contributed by atoms with van der Waals surface area (Å²) in [4.78, 5) is 14.2. The summed E-state index contributed by atoms with van der Waals surface area (Å²) in [6, 6.07) is 12.2. The standard InChI is InChI=1S/C21H23N5O/c1-15-7-19(24-27-15)14-25-10-17-12-26(13-18(17)11-25)21-9-22-20(8-23-21)16-5-3-2-4-6-16/h2-9,17-18H,10-14H2,1H3. The number of nitrogens with zero attached hydrogens (tertiary/aromatic N) is 5. The normalized spacial score (nSPS) is 22.3. The minimum absolute atomic E-state index is 0.689. The highest BCUT2D eigenvalue weighted by Gasteiger charge is 2.40. The Hall–Kier alpha value is -2.73. The van der Waals surface area contributed by atoms with E-state index in [2.05, 4.69) is 37.1 Å². The molecular weight excluding hydrogens is 338 g/mol. The molecule has 2 aliphatic heterocycles. The fourth-order valence-electron chi connectivity index (χ4n) is 4.37. The van der Waals surface area contributed by atoms with Crippen LogP contribution in [-0.2, 0) is 6.54 Å². The number of hydrogen-bond acceptors (Lipinski definition) is 6. The van der Waals surface area contributed by atoms with Crippen LogP contribution in [0.5, 0.6) is 0 Å². The molecule has 0 radical (unpaired) electrons. The van der Waals surface area contributed by atoms with E-state index in [-0.39, 0.29) is 0 Å². The van der Waals surface area contributed by atoms with E-state index in [1.54, 1.807) is 0 Å². The van der Waals surface area contributed by atoms with Crippen molar-refractivity contribution in [1.29, 1.82) is 0 Å². The SMILES string of the molecule is Cc1cc(CN2CC3CN(c4cnc(-c5ccccc5)cn4)CC3C2)no1. The van der Waals surface area contributed by atoms with Gasteiger partial charge in [-0.2, -0.15) is 0 Å². The number of aryl methyl sites for hydroxylation is 1. The smallest absolute Gasteiger partial charge is 0.147 e. The van der Waals surface area contributed by atoms with Crippen molar-refractivity contribution >= 4 is 5.82 Å². The van der Waals surface area contributed by atoms with Crippen LogP contribution in [-0.4, -0.2) is 46.2 Å². The molecule has 0 saturated carbocycles. The van der Waals surface area contributed by atoms with Crippen molar-refractivity contribution < 1.29 is 4.52 Å². The van der Waals surface area contributed by atoms with Gasteiger partial charge in [-0.05, 0) is 18.8 Å². The third-order valence-corrected chi connectivity index (χ3v) is 5.66. The summed E-state index contributed by atoms with van der Waals surface area (Å²) in [6.07, 6.45) is 3.80. The predicted octanol–water partition coefficient (Wildman–Crippen LogP) is 3.01. The lowest BCUT2D eigenvalue weighted by Gasteiger charge is -2.21. The van der Waals surface area contributed by atoms with Crippen LogP contribution in [0.2, 0.25) is 0 Å². The monoisotopic (exact) mass is 361 g/mol. The van der Waals surface area contributed by atoms with Crippen molar-refractivity contribution in [2.24, 2.45) is 11.8 Å². The van der Waals surface area contributed by atoms with Gasteiger partial charge in [-0.25, -0.2) is 4.98 Å². The number of likely N-dealkylation sites (tertiary alicyclic amines) is 1. The molecule has 6 heteroatoms. The lowest BCUT2D eigenvalue weighted by atomic mass is 10.0. The molecule has 4 heterocycles. The van der Waals surface area contributed by atoms with Crippen molar-refractivity contribution in [2.45, 2.75) is 13.5 Å². The third-order valence-electron chi connectivity index (χ3n) is 5.66. The molecule has 3 aromatic rings. The van der Waals surface area contributed by atoms with Crippen LogP contribution >= 0.6 is 0 Å². The third kappa shape index (κ3) is 3.32.